The lowest BCUT2D eigenvalue weighted by molar-refractivity contribution is 0.0764. The highest BCUT2D eigenvalue weighted by molar-refractivity contribution is 7.12. The molecule has 0 amide bonds. The Hall–Kier alpha value is -0.600. The molecule has 1 aliphatic carbocycles. The van der Waals surface area contributed by atoms with Crippen LogP contribution in [0.3, 0.4) is 0 Å². The molecule has 1 aliphatic rings. The number of thiophene rings is 1. The minimum Gasteiger partial charge on any atom is -0.380 e. The van der Waals surface area contributed by atoms with Crippen LogP contribution in [-0.2, 0) is 5.60 Å². The quantitative estimate of drug-likeness (QED) is 0.681. The van der Waals surface area contributed by atoms with Crippen LogP contribution < -0.4 is 0 Å². The summed E-state index contributed by atoms with van der Waals surface area (Å²) in [4.78, 5) is 2.35. The van der Waals surface area contributed by atoms with Crippen LogP contribution in [0.5, 0.6) is 0 Å². The fraction of sp³-hybridized carbons (Fsp3) is 0.455. The summed E-state index contributed by atoms with van der Waals surface area (Å²) in [5.41, 5.74) is -0.669. The normalized spacial score (nSPS) is 27.8. The lowest BCUT2D eigenvalue weighted by Crippen LogP contribution is -2.23. The van der Waals surface area contributed by atoms with E-state index in [-0.39, 0.29) is 0 Å². The SMILES string of the molecule is Cc1ccc(C2(O)C=CCCC2)s1. The van der Waals surface area contributed by atoms with Crippen molar-refractivity contribution in [2.75, 3.05) is 0 Å². The van der Waals surface area contributed by atoms with E-state index >= 15 is 0 Å². The average Bonchev–Trinajstić information content (AvgIpc) is 2.54. The maximum atomic E-state index is 10.3. The van der Waals surface area contributed by atoms with Crippen LogP contribution in [0, 0.1) is 6.92 Å². The third-order valence-electron chi connectivity index (χ3n) is 2.49. The summed E-state index contributed by atoms with van der Waals surface area (Å²) in [6.07, 6.45) is 7.08. The topological polar surface area (TPSA) is 20.2 Å². The number of rotatable bonds is 1. The molecule has 0 spiro atoms. The molecule has 0 bridgehead atoms. The van der Waals surface area contributed by atoms with E-state index in [0.717, 1.165) is 24.1 Å². The molecule has 0 aromatic carbocycles. The summed E-state index contributed by atoms with van der Waals surface area (Å²) >= 11 is 1.69. The molecule has 1 heterocycles. The maximum Gasteiger partial charge on any atom is 0.117 e. The predicted octanol–water partition coefficient (Wildman–Crippen LogP) is 2.98. The first-order chi connectivity index (χ1) is 6.21. The molecule has 0 aliphatic heterocycles. The van der Waals surface area contributed by atoms with Gasteiger partial charge in [-0.1, -0.05) is 12.2 Å². The molecule has 0 radical (unpaired) electrons. The van der Waals surface area contributed by atoms with Crippen molar-refractivity contribution in [3.05, 3.63) is 34.0 Å². The predicted molar refractivity (Wildman–Crippen MR) is 55.9 cm³/mol. The van der Waals surface area contributed by atoms with Crippen molar-refractivity contribution in [1.29, 1.82) is 0 Å². The van der Waals surface area contributed by atoms with Crippen molar-refractivity contribution in [2.24, 2.45) is 0 Å². The van der Waals surface area contributed by atoms with E-state index in [0.29, 0.717) is 0 Å². The third-order valence-corrected chi connectivity index (χ3v) is 3.66. The van der Waals surface area contributed by atoms with Gasteiger partial charge in [0.2, 0.25) is 0 Å². The highest BCUT2D eigenvalue weighted by Gasteiger charge is 2.28. The second-order valence-corrected chi connectivity index (χ2v) is 4.92. The largest absolute Gasteiger partial charge is 0.380 e. The van der Waals surface area contributed by atoms with Crippen molar-refractivity contribution in [1.82, 2.24) is 0 Å². The van der Waals surface area contributed by atoms with Gasteiger partial charge in [0.05, 0.1) is 0 Å². The van der Waals surface area contributed by atoms with Crippen LogP contribution in [0.25, 0.3) is 0 Å². The van der Waals surface area contributed by atoms with Gasteiger partial charge in [0.1, 0.15) is 5.60 Å². The number of allylic oxidation sites excluding steroid dienone is 1. The highest BCUT2D eigenvalue weighted by atomic mass is 32.1. The van der Waals surface area contributed by atoms with Crippen LogP contribution in [-0.4, -0.2) is 5.11 Å². The summed E-state index contributed by atoms with van der Waals surface area (Å²) < 4.78 is 0. The summed E-state index contributed by atoms with van der Waals surface area (Å²) in [5, 5.41) is 10.3. The molecule has 13 heavy (non-hydrogen) atoms. The first kappa shape index (κ1) is 8.97. The van der Waals surface area contributed by atoms with Gasteiger partial charge < -0.3 is 5.11 Å². The molecule has 1 N–H and O–H groups in total. The first-order valence-corrected chi connectivity index (χ1v) is 5.49. The van der Waals surface area contributed by atoms with E-state index in [1.807, 2.05) is 12.1 Å². The van der Waals surface area contributed by atoms with Gasteiger partial charge in [-0.2, -0.15) is 0 Å². The summed E-state index contributed by atoms with van der Waals surface area (Å²) in [6, 6.07) is 4.11. The maximum absolute atomic E-state index is 10.3. The van der Waals surface area contributed by atoms with Gasteiger partial charge in [-0.15, -0.1) is 11.3 Å². The molecule has 2 heteroatoms. The van der Waals surface area contributed by atoms with Crippen molar-refractivity contribution in [2.45, 2.75) is 31.8 Å². The first-order valence-electron chi connectivity index (χ1n) is 4.68. The van der Waals surface area contributed by atoms with Gasteiger partial charge in [0.15, 0.2) is 0 Å². The van der Waals surface area contributed by atoms with E-state index in [1.165, 1.54) is 4.88 Å². The van der Waals surface area contributed by atoms with Crippen molar-refractivity contribution >= 4 is 11.3 Å². The van der Waals surface area contributed by atoms with Gasteiger partial charge in [-0.3, -0.25) is 0 Å². The Balaban J connectivity index is 2.33. The van der Waals surface area contributed by atoms with E-state index in [1.54, 1.807) is 11.3 Å². The molecule has 0 saturated heterocycles. The minimum absolute atomic E-state index is 0.669. The molecule has 1 atom stereocenters. The van der Waals surface area contributed by atoms with E-state index in [9.17, 15) is 5.11 Å². The molecule has 1 aromatic rings. The minimum atomic E-state index is -0.669. The molecular formula is C11H14OS. The molecule has 70 valence electrons. The van der Waals surface area contributed by atoms with Gasteiger partial charge in [0, 0.05) is 9.75 Å². The van der Waals surface area contributed by atoms with Gasteiger partial charge in [-0.25, -0.2) is 0 Å². The lowest BCUT2D eigenvalue weighted by Gasteiger charge is -2.26. The molecule has 1 nitrogen and oxygen atoms in total. The molecule has 1 unspecified atom stereocenters. The Morgan fingerprint density at radius 2 is 2.31 bits per heavy atom. The number of hydrogen-bond donors (Lipinski definition) is 1. The van der Waals surface area contributed by atoms with E-state index < -0.39 is 5.60 Å². The summed E-state index contributed by atoms with van der Waals surface area (Å²) in [6.45, 7) is 2.07. The fourth-order valence-electron chi connectivity index (χ4n) is 1.72. The van der Waals surface area contributed by atoms with Crippen molar-refractivity contribution in [3.63, 3.8) is 0 Å². The van der Waals surface area contributed by atoms with Crippen LogP contribution in [0.1, 0.15) is 29.0 Å². The number of hydrogen-bond acceptors (Lipinski definition) is 2. The van der Waals surface area contributed by atoms with Crippen LogP contribution >= 0.6 is 11.3 Å². The second-order valence-electron chi connectivity index (χ2n) is 3.63. The summed E-state index contributed by atoms with van der Waals surface area (Å²) in [7, 11) is 0. The monoisotopic (exact) mass is 194 g/mol. The Kier molecular flexibility index (Phi) is 2.26. The van der Waals surface area contributed by atoms with Gasteiger partial charge in [0.25, 0.3) is 0 Å². The Labute approximate surface area is 82.7 Å². The lowest BCUT2D eigenvalue weighted by atomic mass is 9.90. The van der Waals surface area contributed by atoms with Crippen LogP contribution in [0.4, 0.5) is 0 Å². The van der Waals surface area contributed by atoms with Gasteiger partial charge in [-0.05, 0) is 38.3 Å². The zero-order chi connectivity index (χ0) is 9.31. The molecule has 2 rings (SSSR count). The Morgan fingerprint density at radius 3 is 2.85 bits per heavy atom. The molecule has 1 aromatic heterocycles. The second kappa shape index (κ2) is 3.28. The third kappa shape index (κ3) is 1.69. The standard InChI is InChI=1S/C11H14OS/c1-9-5-6-10(13-9)11(12)7-3-2-4-8-11/h3,5-7,12H,2,4,8H2,1H3. The van der Waals surface area contributed by atoms with Crippen molar-refractivity contribution in [3.8, 4) is 0 Å². The van der Waals surface area contributed by atoms with Crippen LogP contribution in [0.15, 0.2) is 24.3 Å². The Morgan fingerprint density at radius 1 is 1.46 bits per heavy atom. The van der Waals surface area contributed by atoms with Gasteiger partial charge >= 0.3 is 0 Å². The van der Waals surface area contributed by atoms with E-state index in [2.05, 4.69) is 19.1 Å². The fourth-order valence-corrected chi connectivity index (χ4v) is 2.69. The smallest absolute Gasteiger partial charge is 0.117 e. The highest BCUT2D eigenvalue weighted by Crippen LogP contribution is 2.36. The zero-order valence-electron chi connectivity index (χ0n) is 7.79. The molecule has 0 fully saturated rings. The molecular weight excluding hydrogens is 180 g/mol. The van der Waals surface area contributed by atoms with Crippen molar-refractivity contribution < 1.29 is 5.11 Å². The average molecular weight is 194 g/mol. The number of aryl methyl sites for hydroxylation is 1. The van der Waals surface area contributed by atoms with Crippen LogP contribution in [0.2, 0.25) is 0 Å². The van der Waals surface area contributed by atoms with E-state index in [4.69, 9.17) is 0 Å². The zero-order valence-corrected chi connectivity index (χ0v) is 8.60. The molecule has 0 saturated carbocycles. The summed E-state index contributed by atoms with van der Waals surface area (Å²) in [5.74, 6) is 0. The Bertz CT molecular complexity index is 327. The number of aliphatic hydroxyl groups is 1.